The molecule has 0 radical (unpaired) electrons. The number of ether oxygens (including phenoxy) is 1. The molecule has 1 amide bonds. The third-order valence-corrected chi connectivity index (χ3v) is 4.92. The Hall–Kier alpha value is -2.79. The second kappa shape index (κ2) is 8.48. The van der Waals surface area contributed by atoms with Gasteiger partial charge in [0.25, 0.3) is 5.91 Å². The molecule has 0 aliphatic rings. The van der Waals surface area contributed by atoms with Gasteiger partial charge in [-0.1, -0.05) is 35.9 Å². The number of likely N-dealkylation sites (N-methyl/N-ethyl adjacent to an activating group) is 1. The van der Waals surface area contributed by atoms with Gasteiger partial charge in [0.2, 0.25) is 11.2 Å². The van der Waals surface area contributed by atoms with Gasteiger partial charge in [0.05, 0.1) is 10.4 Å². The van der Waals surface area contributed by atoms with E-state index in [9.17, 15) is 9.59 Å². The van der Waals surface area contributed by atoms with E-state index in [0.29, 0.717) is 34.6 Å². The summed E-state index contributed by atoms with van der Waals surface area (Å²) in [4.78, 5) is 27.4. The number of nitrogens with zero attached hydrogens (tertiary/aromatic N) is 1. The van der Waals surface area contributed by atoms with Gasteiger partial charge in [-0.3, -0.25) is 9.59 Å². The Kier molecular flexibility index (Phi) is 6.05. The summed E-state index contributed by atoms with van der Waals surface area (Å²) in [5, 5.41) is 0.810. The highest BCUT2D eigenvalue weighted by Gasteiger charge is 2.25. The standard InChI is InChI=1S/C22H22ClNO4/c1-4-24(5-2)22(26)14(3)27-21-19(25)16-11-7-9-13-18(16)28-20(21)15-10-6-8-12-17(15)23/h6-14H,4-5H2,1-3H3/t14-/m0/s1. The molecule has 1 atom stereocenters. The van der Waals surface area contributed by atoms with Crippen LogP contribution in [0, 0.1) is 0 Å². The number of fused-ring (bicyclic) bond motifs is 1. The number of para-hydroxylation sites is 1. The Labute approximate surface area is 168 Å². The van der Waals surface area contributed by atoms with Gasteiger partial charge in [-0.25, -0.2) is 0 Å². The summed E-state index contributed by atoms with van der Waals surface area (Å²) >= 11 is 6.34. The van der Waals surface area contributed by atoms with Crippen molar-refractivity contribution in [3.05, 3.63) is 63.8 Å². The first-order chi connectivity index (χ1) is 13.5. The Balaban J connectivity index is 2.16. The van der Waals surface area contributed by atoms with Crippen LogP contribution in [-0.2, 0) is 4.79 Å². The molecular weight excluding hydrogens is 378 g/mol. The molecule has 0 aliphatic heterocycles. The highest BCUT2D eigenvalue weighted by Crippen LogP contribution is 2.35. The van der Waals surface area contributed by atoms with E-state index in [-0.39, 0.29) is 22.8 Å². The zero-order valence-corrected chi connectivity index (χ0v) is 16.8. The van der Waals surface area contributed by atoms with E-state index in [1.807, 2.05) is 13.8 Å². The predicted octanol–water partition coefficient (Wildman–Crippen LogP) is 4.75. The quantitative estimate of drug-likeness (QED) is 0.600. The Bertz CT molecular complexity index is 1060. The van der Waals surface area contributed by atoms with Crippen LogP contribution in [0.4, 0.5) is 0 Å². The summed E-state index contributed by atoms with van der Waals surface area (Å²) in [7, 11) is 0. The van der Waals surface area contributed by atoms with Crippen LogP contribution in [0.2, 0.25) is 5.02 Å². The van der Waals surface area contributed by atoms with Crippen molar-refractivity contribution in [1.82, 2.24) is 4.90 Å². The smallest absolute Gasteiger partial charge is 0.263 e. The molecule has 1 aromatic heterocycles. The van der Waals surface area contributed by atoms with Crippen molar-refractivity contribution in [1.29, 1.82) is 0 Å². The number of carbonyl (C=O) groups excluding carboxylic acids is 1. The number of hydrogen-bond donors (Lipinski definition) is 0. The van der Waals surface area contributed by atoms with Crippen LogP contribution < -0.4 is 10.2 Å². The van der Waals surface area contributed by atoms with E-state index < -0.39 is 6.10 Å². The Morgan fingerprint density at radius 3 is 2.43 bits per heavy atom. The van der Waals surface area contributed by atoms with E-state index in [1.54, 1.807) is 60.4 Å². The Morgan fingerprint density at radius 1 is 1.11 bits per heavy atom. The number of rotatable bonds is 6. The van der Waals surface area contributed by atoms with Gasteiger partial charge in [-0.15, -0.1) is 0 Å². The summed E-state index contributed by atoms with van der Waals surface area (Å²) in [5.41, 5.74) is 0.623. The largest absolute Gasteiger partial charge is 0.473 e. The molecular formula is C22H22ClNO4. The van der Waals surface area contributed by atoms with E-state index in [0.717, 1.165) is 0 Å². The van der Waals surface area contributed by atoms with Gasteiger partial charge in [0.15, 0.2) is 11.9 Å². The third-order valence-electron chi connectivity index (χ3n) is 4.59. The molecule has 146 valence electrons. The second-order valence-corrected chi connectivity index (χ2v) is 6.74. The lowest BCUT2D eigenvalue weighted by atomic mass is 10.1. The number of benzene rings is 2. The first-order valence-corrected chi connectivity index (χ1v) is 9.61. The fourth-order valence-corrected chi connectivity index (χ4v) is 3.30. The van der Waals surface area contributed by atoms with Crippen molar-refractivity contribution in [2.45, 2.75) is 26.9 Å². The van der Waals surface area contributed by atoms with Gasteiger partial charge in [-0.05, 0) is 45.0 Å². The summed E-state index contributed by atoms with van der Waals surface area (Å²) in [5.74, 6) is 0.0102. The zero-order chi connectivity index (χ0) is 20.3. The summed E-state index contributed by atoms with van der Waals surface area (Å²) < 4.78 is 11.9. The first kappa shape index (κ1) is 20.0. The summed E-state index contributed by atoms with van der Waals surface area (Å²) in [6, 6.07) is 14.0. The molecule has 3 rings (SSSR count). The summed E-state index contributed by atoms with van der Waals surface area (Å²) in [6.45, 7) is 6.55. The molecule has 0 bridgehead atoms. The molecule has 0 saturated heterocycles. The van der Waals surface area contributed by atoms with Crippen molar-refractivity contribution >= 4 is 28.5 Å². The molecule has 1 heterocycles. The molecule has 28 heavy (non-hydrogen) atoms. The molecule has 3 aromatic rings. The van der Waals surface area contributed by atoms with E-state index in [4.69, 9.17) is 20.8 Å². The van der Waals surface area contributed by atoms with Gasteiger partial charge < -0.3 is 14.1 Å². The number of amides is 1. The molecule has 0 aliphatic carbocycles. The average Bonchev–Trinajstić information content (AvgIpc) is 2.71. The monoisotopic (exact) mass is 399 g/mol. The summed E-state index contributed by atoms with van der Waals surface area (Å²) in [6.07, 6.45) is -0.842. The molecule has 0 saturated carbocycles. The zero-order valence-electron chi connectivity index (χ0n) is 16.1. The molecule has 6 heteroatoms. The van der Waals surface area contributed by atoms with Crippen LogP contribution in [0.25, 0.3) is 22.3 Å². The lowest BCUT2D eigenvalue weighted by Gasteiger charge is -2.23. The second-order valence-electron chi connectivity index (χ2n) is 6.34. The van der Waals surface area contributed by atoms with Crippen molar-refractivity contribution in [3.63, 3.8) is 0 Å². The SMILES string of the molecule is CCN(CC)C(=O)[C@H](C)Oc1c(-c2ccccc2Cl)oc2ccccc2c1=O. The van der Waals surface area contributed by atoms with Gasteiger partial charge in [0, 0.05) is 18.7 Å². The number of hydrogen-bond acceptors (Lipinski definition) is 4. The topological polar surface area (TPSA) is 59.8 Å². The average molecular weight is 400 g/mol. The van der Waals surface area contributed by atoms with E-state index >= 15 is 0 Å². The van der Waals surface area contributed by atoms with Crippen LogP contribution in [0.3, 0.4) is 0 Å². The van der Waals surface area contributed by atoms with E-state index in [2.05, 4.69) is 0 Å². The van der Waals surface area contributed by atoms with Crippen molar-refractivity contribution in [2.75, 3.05) is 13.1 Å². The Morgan fingerprint density at radius 2 is 1.75 bits per heavy atom. The van der Waals surface area contributed by atoms with Gasteiger partial charge in [-0.2, -0.15) is 0 Å². The lowest BCUT2D eigenvalue weighted by Crippen LogP contribution is -2.40. The number of halogens is 1. The van der Waals surface area contributed by atoms with Crippen LogP contribution in [0.15, 0.2) is 57.7 Å². The predicted molar refractivity (Wildman–Crippen MR) is 111 cm³/mol. The molecule has 0 fully saturated rings. The fourth-order valence-electron chi connectivity index (χ4n) is 3.07. The highest BCUT2D eigenvalue weighted by atomic mass is 35.5. The van der Waals surface area contributed by atoms with E-state index in [1.165, 1.54) is 0 Å². The van der Waals surface area contributed by atoms with Crippen molar-refractivity contribution in [2.24, 2.45) is 0 Å². The van der Waals surface area contributed by atoms with Crippen LogP contribution in [-0.4, -0.2) is 30.0 Å². The molecule has 5 nitrogen and oxygen atoms in total. The maximum absolute atomic E-state index is 13.1. The molecule has 2 aromatic carbocycles. The van der Waals surface area contributed by atoms with Crippen molar-refractivity contribution < 1.29 is 13.9 Å². The van der Waals surface area contributed by atoms with Crippen LogP contribution in [0.1, 0.15) is 20.8 Å². The molecule has 0 spiro atoms. The third kappa shape index (κ3) is 3.76. The lowest BCUT2D eigenvalue weighted by molar-refractivity contribution is -0.137. The minimum Gasteiger partial charge on any atom is -0.473 e. The minimum absolute atomic E-state index is 0.0141. The fraction of sp³-hybridized carbons (Fsp3) is 0.273. The number of carbonyl (C=O) groups is 1. The molecule has 0 N–H and O–H groups in total. The van der Waals surface area contributed by atoms with Gasteiger partial charge in [0.1, 0.15) is 5.58 Å². The maximum atomic E-state index is 13.1. The highest BCUT2D eigenvalue weighted by molar-refractivity contribution is 6.33. The molecule has 0 unspecified atom stereocenters. The van der Waals surface area contributed by atoms with Crippen molar-refractivity contribution in [3.8, 4) is 17.1 Å². The van der Waals surface area contributed by atoms with Crippen LogP contribution in [0.5, 0.6) is 5.75 Å². The first-order valence-electron chi connectivity index (χ1n) is 9.24. The normalized spacial score (nSPS) is 12.0. The maximum Gasteiger partial charge on any atom is 0.263 e. The van der Waals surface area contributed by atoms with Gasteiger partial charge >= 0.3 is 0 Å². The minimum atomic E-state index is -0.842. The van der Waals surface area contributed by atoms with Crippen LogP contribution >= 0.6 is 11.6 Å².